The molecule has 1 saturated heterocycles. The van der Waals surface area contributed by atoms with Crippen LogP contribution in [-0.2, 0) is 4.74 Å². The molecule has 0 radical (unpaired) electrons. The van der Waals surface area contributed by atoms with Gasteiger partial charge in [0.2, 0.25) is 5.89 Å². The van der Waals surface area contributed by atoms with Crippen LogP contribution in [0.3, 0.4) is 0 Å². The van der Waals surface area contributed by atoms with Crippen LogP contribution in [0.5, 0.6) is 0 Å². The van der Waals surface area contributed by atoms with Crippen LogP contribution in [-0.4, -0.2) is 35.4 Å². The quantitative estimate of drug-likeness (QED) is 0.938. The molecule has 1 atom stereocenters. The Hall–Kier alpha value is -1.92. The highest BCUT2D eigenvalue weighted by atomic mass is 35.5. The second kappa shape index (κ2) is 6.24. The summed E-state index contributed by atoms with van der Waals surface area (Å²) >= 11 is 5.90. The van der Waals surface area contributed by atoms with Gasteiger partial charge in [-0.25, -0.2) is 0 Å². The molecule has 0 unspecified atom stereocenters. The van der Waals surface area contributed by atoms with Gasteiger partial charge in [0.1, 0.15) is 0 Å². The minimum Gasteiger partial charge on any atom is -0.412 e. The third kappa shape index (κ3) is 3.40. The fourth-order valence-electron chi connectivity index (χ4n) is 2.14. The molecule has 1 amide bonds. The van der Waals surface area contributed by atoms with E-state index in [9.17, 15) is 4.79 Å². The maximum atomic E-state index is 11.9. The van der Waals surface area contributed by atoms with Gasteiger partial charge in [0.15, 0.2) is 0 Å². The lowest BCUT2D eigenvalue weighted by Crippen LogP contribution is -2.31. The summed E-state index contributed by atoms with van der Waals surface area (Å²) in [4.78, 5) is 11.9. The summed E-state index contributed by atoms with van der Waals surface area (Å²) in [5.74, 6) is -0.200. The molecule has 0 spiro atoms. The topological polar surface area (TPSA) is 77.2 Å². The van der Waals surface area contributed by atoms with Crippen molar-refractivity contribution >= 4 is 17.5 Å². The molecule has 2 heterocycles. The Balaban J connectivity index is 1.65. The van der Waals surface area contributed by atoms with Crippen molar-refractivity contribution in [3.8, 4) is 11.5 Å². The van der Waals surface area contributed by atoms with Crippen LogP contribution in [0.2, 0.25) is 5.02 Å². The van der Waals surface area contributed by atoms with Gasteiger partial charge in [0.25, 0.3) is 0 Å². The molecular formula is C14H14ClN3O3. The largest absolute Gasteiger partial charge is 0.412 e. The van der Waals surface area contributed by atoms with Gasteiger partial charge < -0.3 is 14.5 Å². The molecule has 1 fully saturated rings. The van der Waals surface area contributed by atoms with Crippen molar-refractivity contribution < 1.29 is 13.9 Å². The SMILES string of the molecule is O=C(NC[C@@H]1CCCO1)c1nnc(-c2cccc(Cl)c2)o1. The van der Waals surface area contributed by atoms with Crippen LogP contribution < -0.4 is 5.32 Å². The van der Waals surface area contributed by atoms with Crippen LogP contribution in [0.15, 0.2) is 28.7 Å². The first-order chi connectivity index (χ1) is 10.2. The first kappa shape index (κ1) is 14.0. The number of carbonyl (C=O) groups is 1. The average molecular weight is 308 g/mol. The number of halogens is 1. The molecule has 3 rings (SSSR count). The predicted octanol–water partition coefficient (Wildman–Crippen LogP) is 2.30. The number of ether oxygens (including phenoxy) is 1. The molecule has 1 N–H and O–H groups in total. The number of carbonyl (C=O) groups excluding carboxylic acids is 1. The van der Waals surface area contributed by atoms with Gasteiger partial charge in [-0.15, -0.1) is 10.2 Å². The van der Waals surface area contributed by atoms with Gasteiger partial charge in [-0.05, 0) is 31.0 Å². The van der Waals surface area contributed by atoms with Gasteiger partial charge in [0, 0.05) is 23.7 Å². The van der Waals surface area contributed by atoms with E-state index in [1.165, 1.54) is 0 Å². The van der Waals surface area contributed by atoms with E-state index in [1.54, 1.807) is 24.3 Å². The molecule has 1 aromatic heterocycles. The summed E-state index contributed by atoms with van der Waals surface area (Å²) in [7, 11) is 0. The lowest BCUT2D eigenvalue weighted by molar-refractivity contribution is 0.0830. The number of hydrogen-bond donors (Lipinski definition) is 1. The molecule has 1 aromatic carbocycles. The van der Waals surface area contributed by atoms with E-state index in [0.29, 0.717) is 17.1 Å². The van der Waals surface area contributed by atoms with E-state index in [1.807, 2.05) is 0 Å². The zero-order chi connectivity index (χ0) is 14.7. The van der Waals surface area contributed by atoms with Crippen molar-refractivity contribution in [2.75, 3.05) is 13.2 Å². The second-order valence-electron chi connectivity index (χ2n) is 4.77. The summed E-state index contributed by atoms with van der Waals surface area (Å²) in [6.07, 6.45) is 2.06. The van der Waals surface area contributed by atoms with Crippen LogP contribution in [0, 0.1) is 0 Å². The zero-order valence-corrected chi connectivity index (χ0v) is 12.0. The van der Waals surface area contributed by atoms with Crippen molar-refractivity contribution in [3.05, 3.63) is 35.2 Å². The van der Waals surface area contributed by atoms with E-state index in [2.05, 4.69) is 15.5 Å². The van der Waals surface area contributed by atoms with Gasteiger partial charge in [-0.3, -0.25) is 4.79 Å². The number of amides is 1. The number of aromatic nitrogens is 2. The van der Waals surface area contributed by atoms with Crippen molar-refractivity contribution in [3.63, 3.8) is 0 Å². The van der Waals surface area contributed by atoms with Gasteiger partial charge in [-0.2, -0.15) is 0 Å². The van der Waals surface area contributed by atoms with E-state index >= 15 is 0 Å². The van der Waals surface area contributed by atoms with E-state index in [-0.39, 0.29) is 17.9 Å². The molecule has 7 heteroatoms. The van der Waals surface area contributed by atoms with Crippen LogP contribution in [0.1, 0.15) is 23.5 Å². The lowest BCUT2D eigenvalue weighted by Gasteiger charge is -2.08. The predicted molar refractivity (Wildman–Crippen MR) is 76.1 cm³/mol. The highest BCUT2D eigenvalue weighted by Gasteiger charge is 2.20. The first-order valence-electron chi connectivity index (χ1n) is 6.71. The smallest absolute Gasteiger partial charge is 0.308 e. The molecule has 21 heavy (non-hydrogen) atoms. The maximum absolute atomic E-state index is 11.9. The fourth-order valence-corrected chi connectivity index (χ4v) is 2.33. The summed E-state index contributed by atoms with van der Waals surface area (Å²) < 4.78 is 10.8. The van der Waals surface area contributed by atoms with Gasteiger partial charge in [-0.1, -0.05) is 17.7 Å². The molecule has 0 bridgehead atoms. The van der Waals surface area contributed by atoms with E-state index in [4.69, 9.17) is 20.8 Å². The number of benzene rings is 1. The molecule has 6 nitrogen and oxygen atoms in total. The average Bonchev–Trinajstić information content (AvgIpc) is 3.16. The molecule has 1 aliphatic heterocycles. The Morgan fingerprint density at radius 3 is 3.10 bits per heavy atom. The second-order valence-corrected chi connectivity index (χ2v) is 5.20. The fraction of sp³-hybridized carbons (Fsp3) is 0.357. The zero-order valence-electron chi connectivity index (χ0n) is 11.2. The first-order valence-corrected chi connectivity index (χ1v) is 7.09. The number of hydrogen-bond acceptors (Lipinski definition) is 5. The summed E-state index contributed by atoms with van der Waals surface area (Å²) in [5, 5.41) is 10.9. The van der Waals surface area contributed by atoms with Gasteiger partial charge in [0.05, 0.1) is 6.10 Å². The molecule has 0 aliphatic carbocycles. The van der Waals surface area contributed by atoms with Crippen molar-refractivity contribution in [2.45, 2.75) is 18.9 Å². The number of rotatable bonds is 4. The van der Waals surface area contributed by atoms with Crippen LogP contribution >= 0.6 is 11.6 Å². The third-order valence-corrected chi connectivity index (χ3v) is 3.44. The number of nitrogens with zero attached hydrogens (tertiary/aromatic N) is 2. The van der Waals surface area contributed by atoms with Gasteiger partial charge >= 0.3 is 11.8 Å². The molecular weight excluding hydrogens is 294 g/mol. The standard InChI is InChI=1S/C14H14ClN3O3/c15-10-4-1-3-9(7-10)13-17-18-14(21-13)12(19)16-8-11-5-2-6-20-11/h1,3-4,7,11H,2,5-6,8H2,(H,16,19)/t11-/m0/s1. The third-order valence-electron chi connectivity index (χ3n) is 3.21. The molecule has 1 aliphatic rings. The van der Waals surface area contributed by atoms with Crippen LogP contribution in [0.25, 0.3) is 11.5 Å². The molecule has 110 valence electrons. The van der Waals surface area contributed by atoms with E-state index < -0.39 is 5.91 Å². The highest BCUT2D eigenvalue weighted by Crippen LogP contribution is 2.21. The summed E-state index contributed by atoms with van der Waals surface area (Å²) in [6, 6.07) is 7.01. The Labute approximate surface area is 126 Å². The Kier molecular flexibility index (Phi) is 4.17. The minimum atomic E-state index is -0.397. The van der Waals surface area contributed by atoms with Crippen molar-refractivity contribution in [1.82, 2.24) is 15.5 Å². The van der Waals surface area contributed by atoms with Crippen LogP contribution in [0.4, 0.5) is 0 Å². The minimum absolute atomic E-state index is 0.0667. The Morgan fingerprint density at radius 1 is 1.43 bits per heavy atom. The van der Waals surface area contributed by atoms with E-state index in [0.717, 1.165) is 19.4 Å². The highest BCUT2D eigenvalue weighted by molar-refractivity contribution is 6.30. The lowest BCUT2D eigenvalue weighted by atomic mass is 10.2. The van der Waals surface area contributed by atoms with Crippen molar-refractivity contribution in [1.29, 1.82) is 0 Å². The summed E-state index contributed by atoms with van der Waals surface area (Å²) in [6.45, 7) is 1.20. The summed E-state index contributed by atoms with van der Waals surface area (Å²) in [5.41, 5.74) is 0.674. The Morgan fingerprint density at radius 2 is 2.33 bits per heavy atom. The Bertz CT molecular complexity index is 638. The monoisotopic (exact) mass is 307 g/mol. The molecule has 0 saturated carbocycles. The number of nitrogens with one attached hydrogen (secondary N) is 1. The maximum Gasteiger partial charge on any atom is 0.308 e. The molecule has 2 aromatic rings. The normalized spacial score (nSPS) is 17.9. The van der Waals surface area contributed by atoms with Crippen molar-refractivity contribution in [2.24, 2.45) is 0 Å².